The Morgan fingerprint density at radius 2 is 0.519 bits per heavy atom. The second-order valence-corrected chi connectivity index (χ2v) is 22.3. The van der Waals surface area contributed by atoms with E-state index in [1.165, 1.54) is 199 Å². The summed E-state index contributed by atoms with van der Waals surface area (Å²) in [7, 11) is 0. The largest absolute Gasteiger partial charge is 0.462 e. The summed E-state index contributed by atoms with van der Waals surface area (Å²) in [6.07, 6.45) is 85.0. The third-order valence-electron chi connectivity index (χ3n) is 14.7. The van der Waals surface area contributed by atoms with E-state index in [9.17, 15) is 14.4 Å². The van der Waals surface area contributed by atoms with E-state index >= 15 is 0 Å². The Balaban J connectivity index is 4.19. The number of carbonyl (C=O) groups is 3. The first kappa shape index (κ1) is 73.8. The monoisotopic (exact) mass is 1070 g/mol. The van der Waals surface area contributed by atoms with Crippen LogP contribution in [-0.2, 0) is 28.6 Å². The van der Waals surface area contributed by atoms with Gasteiger partial charge in [0.25, 0.3) is 0 Å². The van der Waals surface area contributed by atoms with E-state index in [0.717, 1.165) is 103 Å². The van der Waals surface area contributed by atoms with Gasteiger partial charge in [0.2, 0.25) is 0 Å². The fourth-order valence-corrected chi connectivity index (χ4v) is 9.65. The number of ether oxygens (including phenoxy) is 3. The van der Waals surface area contributed by atoms with E-state index in [1.807, 2.05) is 0 Å². The van der Waals surface area contributed by atoms with Gasteiger partial charge in [0, 0.05) is 19.3 Å². The predicted octanol–water partition coefficient (Wildman–Crippen LogP) is 22.9. The lowest BCUT2D eigenvalue weighted by atomic mass is 10.0. The maximum atomic E-state index is 12.9. The fourth-order valence-electron chi connectivity index (χ4n) is 9.65. The predicted molar refractivity (Wildman–Crippen MR) is 335 cm³/mol. The van der Waals surface area contributed by atoms with Crippen molar-refractivity contribution in [1.29, 1.82) is 0 Å². The molecule has 0 radical (unpaired) electrons. The molecule has 0 spiro atoms. The first-order chi connectivity index (χ1) is 38.0. The van der Waals surface area contributed by atoms with E-state index in [2.05, 4.69) is 93.7 Å². The van der Waals surface area contributed by atoms with Crippen LogP contribution in [-0.4, -0.2) is 37.2 Å². The van der Waals surface area contributed by atoms with Crippen molar-refractivity contribution in [3.63, 3.8) is 0 Å². The van der Waals surface area contributed by atoms with E-state index in [4.69, 9.17) is 14.2 Å². The molecule has 1 unspecified atom stereocenters. The van der Waals surface area contributed by atoms with Gasteiger partial charge in [-0.3, -0.25) is 14.4 Å². The average Bonchev–Trinajstić information content (AvgIpc) is 3.43. The van der Waals surface area contributed by atoms with Crippen molar-refractivity contribution in [2.75, 3.05) is 13.2 Å². The summed E-state index contributed by atoms with van der Waals surface area (Å²) >= 11 is 0. The van der Waals surface area contributed by atoms with E-state index < -0.39 is 6.10 Å². The molecule has 6 heteroatoms. The molecule has 0 fully saturated rings. The summed E-state index contributed by atoms with van der Waals surface area (Å²) in [6.45, 7) is 6.51. The van der Waals surface area contributed by atoms with Crippen LogP contribution in [0.2, 0.25) is 0 Å². The Kier molecular flexibility index (Phi) is 62.7. The van der Waals surface area contributed by atoms with Crippen molar-refractivity contribution < 1.29 is 28.6 Å². The second-order valence-electron chi connectivity index (χ2n) is 22.3. The van der Waals surface area contributed by atoms with Crippen LogP contribution >= 0.6 is 0 Å². The van der Waals surface area contributed by atoms with Crippen LogP contribution in [0.25, 0.3) is 0 Å². The third-order valence-corrected chi connectivity index (χ3v) is 14.7. The molecule has 0 saturated heterocycles. The molecule has 0 N–H and O–H groups in total. The lowest BCUT2D eigenvalue weighted by molar-refractivity contribution is -0.167. The Bertz CT molecular complexity index is 1420. The molecule has 6 nitrogen and oxygen atoms in total. The Morgan fingerprint density at radius 3 is 0.844 bits per heavy atom. The molecule has 0 heterocycles. The maximum Gasteiger partial charge on any atom is 0.306 e. The van der Waals surface area contributed by atoms with Gasteiger partial charge in [-0.15, -0.1) is 0 Å². The molecule has 0 aromatic carbocycles. The first-order valence-corrected chi connectivity index (χ1v) is 33.4. The van der Waals surface area contributed by atoms with Crippen molar-refractivity contribution in [1.82, 2.24) is 0 Å². The quantitative estimate of drug-likeness (QED) is 0.0261. The smallest absolute Gasteiger partial charge is 0.306 e. The molecule has 0 aromatic rings. The van der Waals surface area contributed by atoms with Crippen LogP contribution in [0.3, 0.4) is 0 Å². The Hall–Kier alpha value is -3.15. The topological polar surface area (TPSA) is 78.9 Å². The Labute approximate surface area is 478 Å². The van der Waals surface area contributed by atoms with Gasteiger partial charge in [-0.25, -0.2) is 0 Å². The molecule has 1 atom stereocenters. The first-order valence-electron chi connectivity index (χ1n) is 33.4. The number of esters is 3. The van der Waals surface area contributed by atoms with Crippen LogP contribution in [0.1, 0.15) is 342 Å². The molecule has 0 aromatic heterocycles. The average molecular weight is 1080 g/mol. The van der Waals surface area contributed by atoms with Crippen molar-refractivity contribution in [2.45, 2.75) is 348 Å². The highest BCUT2D eigenvalue weighted by Gasteiger charge is 2.19. The van der Waals surface area contributed by atoms with Crippen LogP contribution in [0.4, 0.5) is 0 Å². The summed E-state index contributed by atoms with van der Waals surface area (Å²) in [4.78, 5) is 38.3. The molecule has 77 heavy (non-hydrogen) atoms. The van der Waals surface area contributed by atoms with Gasteiger partial charge in [0.05, 0.1) is 0 Å². The highest BCUT2D eigenvalue weighted by molar-refractivity contribution is 5.71. The van der Waals surface area contributed by atoms with Crippen LogP contribution in [0.15, 0.2) is 72.9 Å². The van der Waals surface area contributed by atoms with Crippen molar-refractivity contribution in [3.05, 3.63) is 72.9 Å². The lowest BCUT2D eigenvalue weighted by Gasteiger charge is -2.18. The minimum atomic E-state index is -0.786. The van der Waals surface area contributed by atoms with Gasteiger partial charge < -0.3 is 14.2 Å². The third kappa shape index (κ3) is 63.6. The molecule has 0 saturated carbocycles. The van der Waals surface area contributed by atoms with Gasteiger partial charge in [-0.2, -0.15) is 0 Å². The second kappa shape index (κ2) is 65.4. The molecular formula is C71H126O6. The number of allylic oxidation sites excluding steroid dienone is 12. The van der Waals surface area contributed by atoms with Crippen LogP contribution in [0.5, 0.6) is 0 Å². The molecule has 446 valence electrons. The number of unbranched alkanes of at least 4 members (excludes halogenated alkanes) is 38. The fraction of sp³-hybridized carbons (Fsp3) is 0.789. The summed E-state index contributed by atoms with van der Waals surface area (Å²) in [5.41, 5.74) is 0. The zero-order chi connectivity index (χ0) is 55.7. The number of carbonyl (C=O) groups excluding carboxylic acids is 3. The minimum Gasteiger partial charge on any atom is -0.462 e. The van der Waals surface area contributed by atoms with Crippen molar-refractivity contribution in [2.24, 2.45) is 0 Å². The lowest BCUT2D eigenvalue weighted by Crippen LogP contribution is -2.30. The minimum absolute atomic E-state index is 0.0816. The van der Waals surface area contributed by atoms with Crippen LogP contribution in [0, 0.1) is 0 Å². The van der Waals surface area contributed by atoms with E-state index in [1.54, 1.807) is 0 Å². The van der Waals surface area contributed by atoms with Gasteiger partial charge in [-0.1, -0.05) is 293 Å². The molecule has 0 bridgehead atoms. The maximum absolute atomic E-state index is 12.9. The zero-order valence-electron chi connectivity index (χ0n) is 51.2. The van der Waals surface area contributed by atoms with Gasteiger partial charge >= 0.3 is 17.9 Å². The van der Waals surface area contributed by atoms with Gasteiger partial charge in [-0.05, 0) is 103 Å². The van der Waals surface area contributed by atoms with E-state index in [-0.39, 0.29) is 31.1 Å². The van der Waals surface area contributed by atoms with Crippen molar-refractivity contribution in [3.8, 4) is 0 Å². The molecule has 0 aliphatic rings. The molecule has 0 aliphatic heterocycles. The van der Waals surface area contributed by atoms with Crippen molar-refractivity contribution >= 4 is 17.9 Å². The molecular weight excluding hydrogens is 949 g/mol. The van der Waals surface area contributed by atoms with Gasteiger partial charge in [0.1, 0.15) is 13.2 Å². The highest BCUT2D eigenvalue weighted by atomic mass is 16.6. The highest BCUT2D eigenvalue weighted by Crippen LogP contribution is 2.17. The molecule has 0 amide bonds. The standard InChI is InChI=1S/C71H126O6/c1-4-7-10-13-16-19-22-24-26-28-30-31-32-33-34-35-36-37-38-39-41-42-44-46-49-52-55-58-61-64-70(73)76-67-68(66-75-69(72)63-60-57-54-51-48-21-18-15-12-9-6-3)77-71(74)65-62-59-56-53-50-47-45-43-40-29-27-25-23-20-17-14-11-8-5-2/h8,11,15,17-18,20,25,27-28,30,40,43,68H,4-7,9-10,12-14,16,19,21-24,26,29,31-39,41-42,44-67H2,1-3H3/b11-8-,18-15-,20-17-,27-25-,30-28-,43-40-. The molecule has 0 rings (SSSR count). The number of hydrogen-bond acceptors (Lipinski definition) is 6. The molecule has 0 aliphatic carbocycles. The van der Waals surface area contributed by atoms with Crippen LogP contribution < -0.4 is 0 Å². The van der Waals surface area contributed by atoms with E-state index in [0.29, 0.717) is 19.3 Å². The summed E-state index contributed by atoms with van der Waals surface area (Å²) in [6, 6.07) is 0. The Morgan fingerprint density at radius 1 is 0.273 bits per heavy atom. The number of hydrogen-bond donors (Lipinski definition) is 0. The van der Waals surface area contributed by atoms with Gasteiger partial charge in [0.15, 0.2) is 6.10 Å². The summed E-state index contributed by atoms with van der Waals surface area (Å²) < 4.78 is 16.9. The summed E-state index contributed by atoms with van der Waals surface area (Å²) in [5, 5.41) is 0. The zero-order valence-corrected chi connectivity index (χ0v) is 51.2. The summed E-state index contributed by atoms with van der Waals surface area (Å²) in [5.74, 6) is -0.891. The normalized spacial score (nSPS) is 12.5. The SMILES string of the molecule is CC/C=C\C/C=C\C/C=C\C/C=C\CCCCCCCCC(=O)OC(COC(=O)CCCCCCC/C=C\CCCC)COC(=O)CCCCCCCCCCCCCCCCCCC/C=C\CCCCCCCCCC. The number of rotatable bonds is 61.